The van der Waals surface area contributed by atoms with Crippen molar-refractivity contribution in [3.8, 4) is 17.1 Å². The molecular weight excluding hydrogens is 290 g/mol. The van der Waals surface area contributed by atoms with Crippen molar-refractivity contribution in [3.05, 3.63) is 44.7 Å². The first kappa shape index (κ1) is 13.6. The summed E-state index contributed by atoms with van der Waals surface area (Å²) in [6, 6.07) is 5.57. The lowest BCUT2D eigenvalue weighted by atomic mass is 10.1. The molecule has 3 aromatic rings. The third kappa shape index (κ3) is 2.14. The molecule has 0 aliphatic carbocycles. The molecule has 0 radical (unpaired) electrons. The minimum absolute atomic E-state index is 0.00452. The number of nitrogens with two attached hydrogens (primary N) is 1. The zero-order valence-corrected chi connectivity index (χ0v) is 11.4. The van der Waals surface area contributed by atoms with E-state index in [2.05, 4.69) is 15.0 Å². The number of aromatic nitrogens is 3. The number of aromatic amines is 2. The molecule has 2 heterocycles. The van der Waals surface area contributed by atoms with Crippen LogP contribution in [0.2, 0.25) is 0 Å². The zero-order valence-electron chi connectivity index (χ0n) is 11.4. The summed E-state index contributed by atoms with van der Waals surface area (Å²) in [5.41, 5.74) is 6.42. The van der Waals surface area contributed by atoms with Crippen LogP contribution in [-0.4, -0.2) is 27.0 Å². The van der Waals surface area contributed by atoms with Gasteiger partial charge in [-0.05, 0) is 6.07 Å². The molecule has 3 rings (SSSR count). The van der Waals surface area contributed by atoms with Crippen LogP contribution in [0.4, 0.5) is 11.4 Å². The summed E-state index contributed by atoms with van der Waals surface area (Å²) in [6.07, 6.45) is 0. The molecule has 112 valence electrons. The second kappa shape index (κ2) is 4.88. The maximum absolute atomic E-state index is 11.3. The molecule has 0 atom stereocenters. The number of fused-ring (bicyclic) bond motifs is 1. The van der Waals surface area contributed by atoms with E-state index in [-0.39, 0.29) is 16.9 Å². The number of nitrogens with one attached hydrogen (secondary N) is 2. The first-order valence-electron chi connectivity index (χ1n) is 6.21. The van der Waals surface area contributed by atoms with E-state index in [1.165, 1.54) is 25.3 Å². The van der Waals surface area contributed by atoms with Crippen LogP contribution in [0.5, 0.6) is 5.75 Å². The number of imidazole rings is 1. The molecule has 0 saturated heterocycles. The van der Waals surface area contributed by atoms with Gasteiger partial charge >= 0.3 is 0 Å². The van der Waals surface area contributed by atoms with Crippen molar-refractivity contribution in [3.63, 3.8) is 0 Å². The zero-order chi connectivity index (χ0) is 15.9. The average Bonchev–Trinajstić information content (AvgIpc) is 2.89. The Morgan fingerprint density at radius 2 is 2.09 bits per heavy atom. The molecule has 2 aromatic heterocycles. The molecule has 0 fully saturated rings. The molecule has 22 heavy (non-hydrogen) atoms. The standard InChI is InChI=1S/C13H11N5O4/c1-22-10-5-7(14)9(18(20)21)4-6(10)12-15-8-2-3-11(19)16-13(8)17-12/h2-5H,14H2,1H3,(H2,15,16,17,19). The summed E-state index contributed by atoms with van der Waals surface area (Å²) in [7, 11) is 1.43. The largest absolute Gasteiger partial charge is 0.496 e. The van der Waals surface area contributed by atoms with Gasteiger partial charge in [0.15, 0.2) is 5.65 Å². The molecule has 0 aliphatic heterocycles. The molecule has 0 spiro atoms. The van der Waals surface area contributed by atoms with E-state index in [9.17, 15) is 14.9 Å². The van der Waals surface area contributed by atoms with E-state index in [1.807, 2.05) is 0 Å². The lowest BCUT2D eigenvalue weighted by Gasteiger charge is -2.07. The number of nitro benzene ring substituents is 1. The highest BCUT2D eigenvalue weighted by Gasteiger charge is 2.20. The van der Waals surface area contributed by atoms with Gasteiger partial charge in [-0.15, -0.1) is 0 Å². The van der Waals surface area contributed by atoms with Gasteiger partial charge in [-0.25, -0.2) is 4.98 Å². The number of nitrogen functional groups attached to an aromatic ring is 1. The Kier molecular flexibility index (Phi) is 3.02. The highest BCUT2D eigenvalue weighted by Crippen LogP contribution is 2.36. The maximum Gasteiger partial charge on any atom is 0.293 e. The van der Waals surface area contributed by atoms with Crippen LogP contribution in [-0.2, 0) is 0 Å². The number of rotatable bonds is 3. The Hall–Kier alpha value is -3.36. The van der Waals surface area contributed by atoms with E-state index in [1.54, 1.807) is 6.07 Å². The number of benzene rings is 1. The van der Waals surface area contributed by atoms with Crippen LogP contribution >= 0.6 is 0 Å². The number of nitro groups is 1. The molecule has 9 heteroatoms. The van der Waals surface area contributed by atoms with Crippen molar-refractivity contribution >= 4 is 22.5 Å². The number of methoxy groups -OCH3 is 1. The van der Waals surface area contributed by atoms with Crippen LogP contribution in [0.15, 0.2) is 29.1 Å². The van der Waals surface area contributed by atoms with Crippen LogP contribution < -0.4 is 16.0 Å². The molecule has 4 N–H and O–H groups in total. The van der Waals surface area contributed by atoms with Gasteiger partial charge in [0.2, 0.25) is 5.56 Å². The van der Waals surface area contributed by atoms with Crippen LogP contribution in [0.25, 0.3) is 22.6 Å². The van der Waals surface area contributed by atoms with Gasteiger partial charge in [0.1, 0.15) is 17.3 Å². The molecular formula is C13H11N5O4. The van der Waals surface area contributed by atoms with Gasteiger partial charge in [0.25, 0.3) is 5.69 Å². The Morgan fingerprint density at radius 1 is 1.32 bits per heavy atom. The summed E-state index contributed by atoms with van der Waals surface area (Å²) in [4.78, 5) is 31.5. The lowest BCUT2D eigenvalue weighted by molar-refractivity contribution is -0.383. The van der Waals surface area contributed by atoms with Gasteiger partial charge in [-0.2, -0.15) is 0 Å². The second-order valence-electron chi connectivity index (χ2n) is 4.54. The summed E-state index contributed by atoms with van der Waals surface area (Å²) in [6.45, 7) is 0. The molecule has 9 nitrogen and oxygen atoms in total. The molecule has 0 saturated carbocycles. The van der Waals surface area contributed by atoms with Crippen LogP contribution in [0.1, 0.15) is 0 Å². The number of H-pyrrole nitrogens is 2. The van der Waals surface area contributed by atoms with Gasteiger partial charge in [0, 0.05) is 18.2 Å². The van der Waals surface area contributed by atoms with Crippen molar-refractivity contribution in [2.45, 2.75) is 0 Å². The minimum Gasteiger partial charge on any atom is -0.496 e. The van der Waals surface area contributed by atoms with Crippen LogP contribution in [0, 0.1) is 10.1 Å². The van der Waals surface area contributed by atoms with Crippen molar-refractivity contribution < 1.29 is 9.66 Å². The summed E-state index contributed by atoms with van der Waals surface area (Å²) >= 11 is 0. The molecule has 0 bridgehead atoms. The lowest BCUT2D eigenvalue weighted by Crippen LogP contribution is -2.01. The summed E-state index contributed by atoms with van der Waals surface area (Å²) in [5, 5.41) is 11.0. The Labute approximate surface area is 122 Å². The Balaban J connectivity index is 2.26. The monoisotopic (exact) mass is 301 g/mol. The topological polar surface area (TPSA) is 140 Å². The molecule has 0 unspecified atom stereocenters. The Bertz CT molecular complexity index is 943. The maximum atomic E-state index is 11.3. The SMILES string of the molecule is COc1cc(N)c([N+](=O)[O-])cc1-c1nc2[nH]c(=O)ccc2[nH]1. The summed E-state index contributed by atoms with van der Waals surface area (Å²) in [5.74, 6) is 0.668. The number of nitrogens with zero attached hydrogens (tertiary/aromatic N) is 2. The third-order valence-corrected chi connectivity index (χ3v) is 3.18. The fourth-order valence-corrected chi connectivity index (χ4v) is 2.14. The number of anilines is 1. The van der Waals surface area contributed by atoms with E-state index in [0.29, 0.717) is 28.3 Å². The molecule has 0 amide bonds. The van der Waals surface area contributed by atoms with E-state index >= 15 is 0 Å². The fourth-order valence-electron chi connectivity index (χ4n) is 2.14. The van der Waals surface area contributed by atoms with Crippen molar-refractivity contribution in [1.82, 2.24) is 15.0 Å². The third-order valence-electron chi connectivity index (χ3n) is 3.18. The number of ether oxygens (including phenoxy) is 1. The van der Waals surface area contributed by atoms with E-state index < -0.39 is 4.92 Å². The quantitative estimate of drug-likeness (QED) is 0.379. The highest BCUT2D eigenvalue weighted by molar-refractivity contribution is 5.80. The smallest absolute Gasteiger partial charge is 0.293 e. The number of pyridine rings is 1. The predicted octanol–water partition coefficient (Wildman–Crippen LogP) is 1.42. The van der Waals surface area contributed by atoms with Crippen molar-refractivity contribution in [2.75, 3.05) is 12.8 Å². The van der Waals surface area contributed by atoms with E-state index in [4.69, 9.17) is 10.5 Å². The van der Waals surface area contributed by atoms with Crippen molar-refractivity contribution in [2.24, 2.45) is 0 Å². The summed E-state index contributed by atoms with van der Waals surface area (Å²) < 4.78 is 5.20. The number of hydrogen-bond donors (Lipinski definition) is 3. The number of hydrogen-bond acceptors (Lipinski definition) is 6. The Morgan fingerprint density at radius 3 is 2.77 bits per heavy atom. The second-order valence-corrected chi connectivity index (χ2v) is 4.54. The first-order chi connectivity index (χ1) is 10.5. The fraction of sp³-hybridized carbons (Fsp3) is 0.0769. The average molecular weight is 301 g/mol. The van der Waals surface area contributed by atoms with Gasteiger partial charge in [-0.1, -0.05) is 0 Å². The minimum atomic E-state index is -0.581. The predicted molar refractivity (Wildman–Crippen MR) is 79.8 cm³/mol. The van der Waals surface area contributed by atoms with Crippen molar-refractivity contribution in [1.29, 1.82) is 0 Å². The van der Waals surface area contributed by atoms with Gasteiger partial charge in [-0.3, -0.25) is 14.9 Å². The van der Waals surface area contributed by atoms with Crippen LogP contribution in [0.3, 0.4) is 0 Å². The highest BCUT2D eigenvalue weighted by atomic mass is 16.6. The van der Waals surface area contributed by atoms with Gasteiger partial charge < -0.3 is 20.4 Å². The molecule has 1 aromatic carbocycles. The first-order valence-corrected chi connectivity index (χ1v) is 6.21. The molecule has 0 aliphatic rings. The van der Waals surface area contributed by atoms with Gasteiger partial charge in [0.05, 0.1) is 23.1 Å². The van der Waals surface area contributed by atoms with E-state index in [0.717, 1.165) is 0 Å². The normalized spacial score (nSPS) is 10.8.